The number of amides is 3. The lowest BCUT2D eigenvalue weighted by Crippen LogP contribution is -2.43. The Morgan fingerprint density at radius 3 is 2.81 bits per heavy atom. The van der Waals surface area contributed by atoms with Gasteiger partial charge >= 0.3 is 0 Å². The van der Waals surface area contributed by atoms with E-state index in [-0.39, 0.29) is 17.4 Å². The summed E-state index contributed by atoms with van der Waals surface area (Å²) in [7, 11) is 0. The van der Waals surface area contributed by atoms with Crippen molar-refractivity contribution < 1.29 is 14.4 Å². The maximum atomic E-state index is 13.1. The smallest absolute Gasteiger partial charge is 0.287 e. The Bertz CT molecular complexity index is 1420. The third-order valence-electron chi connectivity index (χ3n) is 6.79. The zero-order valence-corrected chi connectivity index (χ0v) is 21.7. The average Bonchev–Trinajstić information content (AvgIpc) is 3.55. The second kappa shape index (κ2) is 9.94. The fraction of sp³-hybridized carbons (Fsp3) is 0.400. The molecule has 1 fully saturated rings. The van der Waals surface area contributed by atoms with Gasteiger partial charge < -0.3 is 10.6 Å². The Hall–Kier alpha value is -3.77. The van der Waals surface area contributed by atoms with Crippen molar-refractivity contribution in [1.82, 2.24) is 24.8 Å². The van der Waals surface area contributed by atoms with Crippen LogP contribution in [-0.4, -0.2) is 62.4 Å². The van der Waals surface area contributed by atoms with Crippen LogP contribution in [0.15, 0.2) is 47.0 Å². The zero-order chi connectivity index (χ0) is 26.2. The van der Waals surface area contributed by atoms with E-state index in [9.17, 15) is 14.4 Å². The maximum Gasteiger partial charge on any atom is 0.287 e. The molecule has 0 aromatic carbocycles. The van der Waals surface area contributed by atoms with E-state index in [2.05, 4.69) is 49.7 Å². The van der Waals surface area contributed by atoms with E-state index in [0.29, 0.717) is 33.9 Å². The van der Waals surface area contributed by atoms with Crippen molar-refractivity contribution in [3.05, 3.63) is 58.5 Å². The minimum Gasteiger partial charge on any atom is -0.351 e. The number of nitrogens with one attached hydrogen (secondary N) is 2. The largest absolute Gasteiger partial charge is 0.351 e. The molecule has 1 atom stereocenters. The van der Waals surface area contributed by atoms with Gasteiger partial charge in [0.2, 0.25) is 0 Å². The molecule has 1 saturated heterocycles. The van der Waals surface area contributed by atoms with Gasteiger partial charge in [0.1, 0.15) is 10.9 Å². The third kappa shape index (κ3) is 5.20. The summed E-state index contributed by atoms with van der Waals surface area (Å²) in [5.41, 5.74) is 1.97. The minimum atomic E-state index is -0.395. The highest BCUT2D eigenvalue weighted by atomic mass is 32.1. The molecule has 2 aliphatic heterocycles. The first-order valence-electron chi connectivity index (χ1n) is 12.1. The summed E-state index contributed by atoms with van der Waals surface area (Å²) in [6, 6.07) is 1.25. The zero-order valence-electron chi connectivity index (χ0n) is 20.9. The minimum absolute atomic E-state index is 0.159. The van der Waals surface area contributed by atoms with Crippen LogP contribution in [0.2, 0.25) is 0 Å². The van der Waals surface area contributed by atoms with Crippen molar-refractivity contribution in [3.63, 3.8) is 0 Å². The molecular formula is C25H28N8O3S. The fourth-order valence-electron chi connectivity index (χ4n) is 4.57. The van der Waals surface area contributed by atoms with E-state index < -0.39 is 11.9 Å². The highest BCUT2D eigenvalue weighted by Gasteiger charge is 2.31. The molecule has 5 rings (SSSR count). The number of anilines is 1. The maximum absolute atomic E-state index is 13.1. The Labute approximate surface area is 217 Å². The number of fused-ring (bicyclic) bond motifs is 1. The lowest BCUT2D eigenvalue weighted by atomic mass is 10.0. The van der Waals surface area contributed by atoms with Gasteiger partial charge in [-0.3, -0.25) is 24.3 Å². The number of aromatic nitrogens is 3. The lowest BCUT2D eigenvalue weighted by molar-refractivity contribution is -0.114. The van der Waals surface area contributed by atoms with E-state index >= 15 is 0 Å². The Balaban J connectivity index is 1.26. The molecule has 5 heterocycles. The molecule has 12 heteroatoms. The van der Waals surface area contributed by atoms with Gasteiger partial charge in [0.15, 0.2) is 0 Å². The molecule has 0 saturated carbocycles. The van der Waals surface area contributed by atoms with Crippen molar-refractivity contribution >= 4 is 39.6 Å². The molecule has 3 aromatic rings. The van der Waals surface area contributed by atoms with Crippen LogP contribution in [-0.2, 0) is 4.79 Å². The SMILES string of the molecule is Cc1ncc(C(=O)NCCN2CCCC2(C)C)cc1NC(=O)c1cnn2cc(C3C=CC(=O)N=N3)sc12. The summed E-state index contributed by atoms with van der Waals surface area (Å²) >= 11 is 1.35. The summed E-state index contributed by atoms with van der Waals surface area (Å²) in [6.45, 7) is 8.59. The van der Waals surface area contributed by atoms with Crippen LogP contribution in [0.1, 0.15) is 64.0 Å². The number of thiazole rings is 1. The second-order valence-electron chi connectivity index (χ2n) is 9.77. The molecule has 37 heavy (non-hydrogen) atoms. The number of likely N-dealkylation sites (tertiary alicyclic amines) is 1. The first kappa shape index (κ1) is 24.9. The number of pyridine rings is 1. The van der Waals surface area contributed by atoms with Crippen LogP contribution in [0.3, 0.4) is 0 Å². The third-order valence-corrected chi connectivity index (χ3v) is 7.97. The predicted molar refractivity (Wildman–Crippen MR) is 139 cm³/mol. The van der Waals surface area contributed by atoms with Gasteiger partial charge in [-0.25, -0.2) is 4.52 Å². The summed E-state index contributed by atoms with van der Waals surface area (Å²) in [5, 5.41) is 17.7. The molecule has 0 spiro atoms. The van der Waals surface area contributed by atoms with Crippen LogP contribution >= 0.6 is 11.3 Å². The molecule has 2 aliphatic rings. The lowest BCUT2D eigenvalue weighted by Gasteiger charge is -2.31. The molecule has 0 radical (unpaired) electrons. The fourth-order valence-corrected chi connectivity index (χ4v) is 5.64. The quantitative estimate of drug-likeness (QED) is 0.489. The molecular weight excluding hydrogens is 492 g/mol. The molecule has 3 aromatic heterocycles. The Kier molecular flexibility index (Phi) is 6.69. The standard InChI is InChI=1S/C25H28N8O3S/c1-15-19(11-16(12-27-15)22(35)26-8-10-32-9-4-7-25(32,2)3)29-23(36)17-13-28-33-14-20(37-24(17)33)18-5-6-21(34)31-30-18/h5-6,11-14,18H,4,7-10H2,1-3H3,(H,26,35)(H,29,36). The molecule has 3 amide bonds. The van der Waals surface area contributed by atoms with Gasteiger partial charge in [-0.15, -0.1) is 16.5 Å². The van der Waals surface area contributed by atoms with Crippen molar-refractivity contribution in [2.24, 2.45) is 10.2 Å². The monoisotopic (exact) mass is 520 g/mol. The Morgan fingerprint density at radius 2 is 2.08 bits per heavy atom. The molecule has 0 aliphatic carbocycles. The molecule has 192 valence electrons. The number of hydrogen-bond acceptors (Lipinski definition) is 8. The molecule has 1 unspecified atom stereocenters. The van der Waals surface area contributed by atoms with Crippen LogP contribution in [0.25, 0.3) is 4.83 Å². The van der Waals surface area contributed by atoms with Crippen molar-refractivity contribution in [2.75, 3.05) is 25.0 Å². The van der Waals surface area contributed by atoms with Crippen LogP contribution in [0, 0.1) is 6.92 Å². The molecule has 11 nitrogen and oxygen atoms in total. The van der Waals surface area contributed by atoms with Gasteiger partial charge in [-0.05, 0) is 52.3 Å². The molecule has 2 N–H and O–H groups in total. The number of rotatable bonds is 7. The van der Waals surface area contributed by atoms with E-state index in [1.807, 2.05) is 0 Å². The van der Waals surface area contributed by atoms with Crippen molar-refractivity contribution in [2.45, 2.75) is 45.2 Å². The average molecular weight is 521 g/mol. The highest BCUT2D eigenvalue weighted by molar-refractivity contribution is 7.18. The summed E-state index contributed by atoms with van der Waals surface area (Å²) in [5.74, 6) is -0.991. The first-order valence-corrected chi connectivity index (χ1v) is 12.9. The number of azo groups is 1. The van der Waals surface area contributed by atoms with E-state index in [1.54, 1.807) is 29.8 Å². The van der Waals surface area contributed by atoms with Gasteiger partial charge in [0, 0.05) is 37.1 Å². The normalized spacial score (nSPS) is 19.0. The van der Waals surface area contributed by atoms with Gasteiger partial charge in [0.05, 0.1) is 33.6 Å². The predicted octanol–water partition coefficient (Wildman–Crippen LogP) is 3.55. The second-order valence-corrected chi connectivity index (χ2v) is 10.8. The number of aryl methyl sites for hydroxylation is 1. The van der Waals surface area contributed by atoms with Crippen LogP contribution in [0.4, 0.5) is 5.69 Å². The van der Waals surface area contributed by atoms with Gasteiger partial charge in [-0.1, -0.05) is 0 Å². The summed E-state index contributed by atoms with van der Waals surface area (Å²) in [6.07, 6.45) is 10.1. The van der Waals surface area contributed by atoms with E-state index in [0.717, 1.165) is 24.4 Å². The highest BCUT2D eigenvalue weighted by Crippen LogP contribution is 2.31. The topological polar surface area (TPSA) is 133 Å². The van der Waals surface area contributed by atoms with E-state index in [1.165, 1.54) is 36.2 Å². The van der Waals surface area contributed by atoms with Crippen LogP contribution in [0.5, 0.6) is 0 Å². The van der Waals surface area contributed by atoms with Gasteiger partial charge in [-0.2, -0.15) is 10.2 Å². The Morgan fingerprint density at radius 1 is 1.24 bits per heavy atom. The molecule has 0 bridgehead atoms. The van der Waals surface area contributed by atoms with Crippen LogP contribution < -0.4 is 10.6 Å². The summed E-state index contributed by atoms with van der Waals surface area (Å²) in [4.78, 5) is 45.3. The number of nitrogens with zero attached hydrogens (tertiary/aromatic N) is 6. The number of carbonyl (C=O) groups excluding carboxylic acids is 3. The van der Waals surface area contributed by atoms with E-state index in [4.69, 9.17) is 0 Å². The van der Waals surface area contributed by atoms with Gasteiger partial charge in [0.25, 0.3) is 17.7 Å². The first-order chi connectivity index (χ1) is 17.7. The number of carbonyl (C=O) groups is 3. The van der Waals surface area contributed by atoms with Crippen molar-refractivity contribution in [3.8, 4) is 0 Å². The number of hydrogen-bond donors (Lipinski definition) is 2. The van der Waals surface area contributed by atoms with Crippen molar-refractivity contribution in [1.29, 1.82) is 0 Å². The summed E-state index contributed by atoms with van der Waals surface area (Å²) < 4.78 is 1.60.